The van der Waals surface area contributed by atoms with Crippen molar-refractivity contribution >= 4 is 59.6 Å². The number of hydrogen-bond donors (Lipinski definition) is 2. The van der Waals surface area contributed by atoms with Crippen LogP contribution < -0.4 is 20.3 Å². The number of carbonyl (C=O) groups excluding carboxylic acids is 2. The number of nitrogens with one attached hydrogen (secondary N) is 2. The lowest BCUT2D eigenvalue weighted by atomic mass is 10.3. The summed E-state index contributed by atoms with van der Waals surface area (Å²) >= 11 is 9.96. The first-order valence-electron chi connectivity index (χ1n) is 6.98. The normalized spacial score (nSPS) is 10.0. The van der Waals surface area contributed by atoms with E-state index in [1.807, 2.05) is 0 Å². The van der Waals surface area contributed by atoms with E-state index in [-0.39, 0.29) is 13.2 Å². The fourth-order valence-corrected chi connectivity index (χ4v) is 3.05. The first-order valence-corrected chi connectivity index (χ1v) is 9.36. The maximum Gasteiger partial charge on any atom is 0.276 e. The van der Waals surface area contributed by atoms with Gasteiger partial charge in [0.25, 0.3) is 11.8 Å². The van der Waals surface area contributed by atoms with Gasteiger partial charge in [0.05, 0.1) is 4.47 Å². The Labute approximate surface area is 169 Å². The van der Waals surface area contributed by atoms with Gasteiger partial charge < -0.3 is 9.47 Å². The van der Waals surface area contributed by atoms with Gasteiger partial charge >= 0.3 is 0 Å². The van der Waals surface area contributed by atoms with E-state index in [0.717, 1.165) is 8.95 Å². The molecule has 0 atom stereocenters. The van der Waals surface area contributed by atoms with Gasteiger partial charge in [0.1, 0.15) is 11.5 Å². The van der Waals surface area contributed by atoms with Crippen molar-refractivity contribution in [2.75, 3.05) is 13.2 Å². The van der Waals surface area contributed by atoms with Crippen LogP contribution in [0.3, 0.4) is 0 Å². The lowest BCUT2D eigenvalue weighted by Crippen LogP contribution is -2.45. The highest BCUT2D eigenvalue weighted by Gasteiger charge is 2.08. The van der Waals surface area contributed by atoms with Crippen LogP contribution in [0.1, 0.15) is 0 Å². The summed E-state index contributed by atoms with van der Waals surface area (Å²) in [5.41, 5.74) is 4.51. The molecule has 2 aromatic carbocycles. The van der Waals surface area contributed by atoms with Crippen LogP contribution in [0.5, 0.6) is 11.5 Å². The van der Waals surface area contributed by atoms with Crippen LogP contribution in [0.25, 0.3) is 0 Å². The highest BCUT2D eigenvalue weighted by Crippen LogP contribution is 2.28. The summed E-state index contributed by atoms with van der Waals surface area (Å²) in [6, 6.07) is 12.3. The molecule has 0 spiro atoms. The summed E-state index contributed by atoms with van der Waals surface area (Å²) in [5, 5.41) is 0. The van der Waals surface area contributed by atoms with Crippen molar-refractivity contribution in [1.82, 2.24) is 10.9 Å². The molecule has 0 aliphatic carbocycles. The smallest absolute Gasteiger partial charge is 0.276 e. The second kappa shape index (κ2) is 9.79. The zero-order chi connectivity index (χ0) is 18.2. The lowest BCUT2D eigenvalue weighted by Gasteiger charge is -2.10. The van der Waals surface area contributed by atoms with Crippen LogP contribution in [0.4, 0.5) is 0 Å². The van der Waals surface area contributed by atoms with E-state index in [9.17, 15) is 9.59 Å². The summed E-state index contributed by atoms with van der Waals surface area (Å²) in [7, 11) is 0. The molecule has 0 saturated heterocycles. The Morgan fingerprint density at radius 2 is 1.36 bits per heavy atom. The number of ether oxygens (including phenoxy) is 2. The predicted octanol–water partition coefficient (Wildman–Crippen LogP) is 3.58. The van der Waals surface area contributed by atoms with Gasteiger partial charge in [-0.3, -0.25) is 20.4 Å². The monoisotopic (exact) mass is 534 g/mol. The molecule has 25 heavy (non-hydrogen) atoms. The molecule has 132 valence electrons. The minimum Gasteiger partial charge on any atom is -0.484 e. The topological polar surface area (TPSA) is 76.7 Å². The Kier molecular flexibility index (Phi) is 7.73. The van der Waals surface area contributed by atoms with E-state index in [1.165, 1.54) is 0 Å². The molecule has 0 unspecified atom stereocenters. The zero-order valence-electron chi connectivity index (χ0n) is 12.7. The highest BCUT2D eigenvalue weighted by atomic mass is 79.9. The van der Waals surface area contributed by atoms with Crippen molar-refractivity contribution in [3.63, 3.8) is 0 Å². The molecule has 9 heteroatoms. The summed E-state index contributed by atoms with van der Waals surface area (Å²) in [6.07, 6.45) is 0. The van der Waals surface area contributed by atoms with Gasteiger partial charge in [0.2, 0.25) is 0 Å². The Morgan fingerprint density at radius 1 is 0.800 bits per heavy atom. The molecule has 0 fully saturated rings. The van der Waals surface area contributed by atoms with Gasteiger partial charge in [-0.2, -0.15) is 0 Å². The van der Waals surface area contributed by atoms with E-state index < -0.39 is 11.8 Å². The predicted molar refractivity (Wildman–Crippen MR) is 103 cm³/mol. The van der Waals surface area contributed by atoms with E-state index in [0.29, 0.717) is 16.0 Å². The molecule has 2 amide bonds. The van der Waals surface area contributed by atoms with Crippen LogP contribution in [0.15, 0.2) is 55.9 Å². The number of halogens is 3. The van der Waals surface area contributed by atoms with Crippen molar-refractivity contribution in [1.29, 1.82) is 0 Å². The van der Waals surface area contributed by atoms with Gasteiger partial charge in [-0.25, -0.2) is 0 Å². The molecular formula is C16H13Br3N2O4. The van der Waals surface area contributed by atoms with Crippen LogP contribution >= 0.6 is 47.8 Å². The third kappa shape index (κ3) is 7.05. The summed E-state index contributed by atoms with van der Waals surface area (Å²) in [4.78, 5) is 23.3. The molecule has 0 aliphatic heterocycles. The van der Waals surface area contributed by atoms with Gasteiger partial charge in [0.15, 0.2) is 13.2 Å². The Bertz CT molecular complexity index is 754. The maximum atomic E-state index is 11.7. The average molecular weight is 537 g/mol. The molecule has 0 aliphatic rings. The Balaban J connectivity index is 1.68. The summed E-state index contributed by atoms with van der Waals surface area (Å²) < 4.78 is 13.1. The largest absolute Gasteiger partial charge is 0.484 e. The highest BCUT2D eigenvalue weighted by molar-refractivity contribution is 9.11. The first-order chi connectivity index (χ1) is 11.9. The number of carbonyl (C=O) groups is 2. The van der Waals surface area contributed by atoms with Crippen molar-refractivity contribution in [2.24, 2.45) is 0 Å². The average Bonchev–Trinajstić information content (AvgIpc) is 2.58. The van der Waals surface area contributed by atoms with Crippen molar-refractivity contribution in [2.45, 2.75) is 0 Å². The van der Waals surface area contributed by atoms with Crippen LogP contribution in [0.2, 0.25) is 0 Å². The molecule has 0 aromatic heterocycles. The van der Waals surface area contributed by atoms with Gasteiger partial charge in [-0.05, 0) is 58.4 Å². The number of rotatable bonds is 6. The number of hydrazine groups is 1. The molecule has 0 saturated carbocycles. The lowest BCUT2D eigenvalue weighted by molar-refractivity contribution is -0.131. The van der Waals surface area contributed by atoms with Crippen molar-refractivity contribution in [3.05, 3.63) is 55.9 Å². The van der Waals surface area contributed by atoms with E-state index in [4.69, 9.17) is 9.47 Å². The maximum absolute atomic E-state index is 11.7. The fourth-order valence-electron chi connectivity index (χ4n) is 1.63. The van der Waals surface area contributed by atoms with Crippen molar-refractivity contribution in [3.8, 4) is 11.5 Å². The second-order valence-corrected chi connectivity index (χ2v) is 7.39. The van der Waals surface area contributed by atoms with Crippen molar-refractivity contribution < 1.29 is 19.1 Å². The molecule has 6 nitrogen and oxygen atoms in total. The molecule has 2 N–H and O–H groups in total. The van der Waals surface area contributed by atoms with Gasteiger partial charge in [-0.15, -0.1) is 0 Å². The molecule has 0 heterocycles. The fraction of sp³-hybridized carbons (Fsp3) is 0.125. The van der Waals surface area contributed by atoms with E-state index in [1.54, 1.807) is 42.5 Å². The minimum atomic E-state index is -0.494. The number of hydrogen-bond acceptors (Lipinski definition) is 4. The Hall–Kier alpha value is -1.58. The van der Waals surface area contributed by atoms with E-state index in [2.05, 4.69) is 58.6 Å². The third-order valence-electron chi connectivity index (χ3n) is 2.78. The number of benzene rings is 2. The third-order valence-corrected chi connectivity index (χ3v) is 4.42. The Morgan fingerprint density at radius 3 is 1.96 bits per heavy atom. The van der Waals surface area contributed by atoms with E-state index >= 15 is 0 Å². The quantitative estimate of drug-likeness (QED) is 0.553. The van der Waals surface area contributed by atoms with Gasteiger partial charge in [0, 0.05) is 8.95 Å². The van der Waals surface area contributed by atoms with Gasteiger partial charge in [-0.1, -0.05) is 31.9 Å². The molecule has 2 aromatic rings. The first kappa shape index (κ1) is 19.7. The standard InChI is InChI=1S/C16H13Br3N2O4/c17-10-1-4-12(5-2-10)24-8-15(22)20-21-16(23)9-25-14-6-3-11(18)7-13(14)19/h1-7H,8-9H2,(H,20,22)(H,21,23). The SMILES string of the molecule is O=C(COc1ccc(Br)cc1)NNC(=O)COc1ccc(Br)cc1Br. The second-order valence-electron chi connectivity index (χ2n) is 4.70. The summed E-state index contributed by atoms with van der Waals surface area (Å²) in [6.45, 7) is -0.463. The zero-order valence-corrected chi connectivity index (χ0v) is 17.5. The van der Waals surface area contributed by atoms with Crippen LogP contribution in [0, 0.1) is 0 Å². The van der Waals surface area contributed by atoms with Crippen LogP contribution in [-0.2, 0) is 9.59 Å². The van der Waals surface area contributed by atoms with Crippen LogP contribution in [-0.4, -0.2) is 25.0 Å². The summed E-state index contributed by atoms with van der Waals surface area (Å²) in [5.74, 6) is 0.0873. The molecular weight excluding hydrogens is 524 g/mol. The molecule has 2 rings (SSSR count). The minimum absolute atomic E-state index is 0.221. The molecule has 0 bridgehead atoms. The molecule has 0 radical (unpaired) electrons. The number of amides is 2.